The Morgan fingerprint density at radius 2 is 2.20 bits per heavy atom. The van der Waals surface area contributed by atoms with Crippen molar-refractivity contribution >= 4 is 5.91 Å². The number of carbonyl (C=O) groups excluding carboxylic acids is 1. The number of aromatic nitrogens is 2. The number of aryl methyl sites for hydroxylation is 1. The van der Waals surface area contributed by atoms with Gasteiger partial charge in [0.2, 0.25) is 11.7 Å². The van der Waals surface area contributed by atoms with Gasteiger partial charge >= 0.3 is 0 Å². The molecule has 1 amide bonds. The topological polar surface area (TPSA) is 89.3 Å². The summed E-state index contributed by atoms with van der Waals surface area (Å²) in [6.45, 7) is 6.19. The summed E-state index contributed by atoms with van der Waals surface area (Å²) in [5, 5.41) is 10.3. The normalized spacial score (nSPS) is 20.2. The van der Waals surface area contributed by atoms with Gasteiger partial charge in [-0.1, -0.05) is 19.0 Å². The van der Waals surface area contributed by atoms with Crippen LogP contribution in [0.15, 0.2) is 28.8 Å². The minimum absolute atomic E-state index is 0.0575. The van der Waals surface area contributed by atoms with E-state index in [9.17, 15) is 4.79 Å². The molecule has 134 valence electrons. The molecule has 1 aliphatic heterocycles. The van der Waals surface area contributed by atoms with E-state index in [1.54, 1.807) is 24.3 Å². The molecule has 0 aliphatic carbocycles. The Balaban J connectivity index is 1.53. The molecular weight excluding hydrogens is 320 g/mol. The highest BCUT2D eigenvalue weighted by atomic mass is 16.5. The number of hydrogen-bond donors (Lipinski definition) is 2. The Bertz CT molecular complexity index is 699. The summed E-state index contributed by atoms with van der Waals surface area (Å²) in [7, 11) is 0. The van der Waals surface area contributed by atoms with Crippen molar-refractivity contribution in [2.75, 3.05) is 13.1 Å². The van der Waals surface area contributed by atoms with Crippen molar-refractivity contribution in [2.24, 2.45) is 5.92 Å². The van der Waals surface area contributed by atoms with Gasteiger partial charge in [0.1, 0.15) is 5.75 Å². The lowest BCUT2D eigenvalue weighted by atomic mass is 9.94. The highest BCUT2D eigenvalue weighted by molar-refractivity contribution is 5.94. The fraction of sp³-hybridized carbons (Fsp3) is 0.500. The van der Waals surface area contributed by atoms with Crippen LogP contribution in [-0.4, -0.2) is 35.2 Å². The first-order valence-electron chi connectivity index (χ1n) is 8.71. The summed E-state index contributed by atoms with van der Waals surface area (Å²) in [6.07, 6.45) is 1.78. The van der Waals surface area contributed by atoms with Crippen LogP contribution in [0.2, 0.25) is 0 Å². The van der Waals surface area contributed by atoms with E-state index in [0.717, 1.165) is 19.5 Å². The van der Waals surface area contributed by atoms with Crippen molar-refractivity contribution in [3.8, 4) is 5.75 Å². The van der Waals surface area contributed by atoms with Gasteiger partial charge in [-0.15, -0.1) is 0 Å². The van der Waals surface area contributed by atoms with Crippen LogP contribution in [0, 0.1) is 5.92 Å². The van der Waals surface area contributed by atoms with Crippen LogP contribution < -0.4 is 15.4 Å². The van der Waals surface area contributed by atoms with Gasteiger partial charge in [-0.3, -0.25) is 4.79 Å². The van der Waals surface area contributed by atoms with Crippen LogP contribution in [-0.2, 0) is 13.0 Å². The molecule has 0 saturated carbocycles. The maximum Gasteiger partial charge on any atom is 0.251 e. The number of piperidine rings is 1. The van der Waals surface area contributed by atoms with Gasteiger partial charge in [0.15, 0.2) is 6.61 Å². The maximum absolute atomic E-state index is 12.4. The molecule has 7 nitrogen and oxygen atoms in total. The number of nitrogens with one attached hydrogen (secondary N) is 2. The molecule has 2 N–H and O–H groups in total. The minimum Gasteiger partial charge on any atom is -0.485 e. The third-order valence-corrected chi connectivity index (χ3v) is 4.44. The summed E-state index contributed by atoms with van der Waals surface area (Å²) < 4.78 is 10.7. The number of rotatable bonds is 6. The lowest BCUT2D eigenvalue weighted by Crippen LogP contribution is -2.50. The number of benzene rings is 1. The van der Waals surface area contributed by atoms with E-state index in [1.807, 2.05) is 6.92 Å². The molecule has 25 heavy (non-hydrogen) atoms. The van der Waals surface area contributed by atoms with E-state index >= 15 is 0 Å². The average Bonchev–Trinajstić information content (AvgIpc) is 3.10. The van der Waals surface area contributed by atoms with Gasteiger partial charge in [0.25, 0.3) is 5.91 Å². The van der Waals surface area contributed by atoms with Crippen LogP contribution in [0.4, 0.5) is 0 Å². The third kappa shape index (κ3) is 4.57. The smallest absolute Gasteiger partial charge is 0.251 e. The molecule has 0 spiro atoms. The number of nitrogens with zero attached hydrogens (tertiary/aromatic N) is 2. The Morgan fingerprint density at radius 3 is 2.88 bits per heavy atom. The molecule has 1 saturated heterocycles. The Morgan fingerprint density at radius 1 is 1.40 bits per heavy atom. The second-order valence-corrected chi connectivity index (χ2v) is 6.32. The van der Waals surface area contributed by atoms with Crippen molar-refractivity contribution in [1.82, 2.24) is 20.8 Å². The predicted molar refractivity (Wildman–Crippen MR) is 92.4 cm³/mol. The van der Waals surface area contributed by atoms with Crippen LogP contribution in [0.3, 0.4) is 0 Å². The zero-order valence-electron chi connectivity index (χ0n) is 14.6. The standard InChI is InChI=1S/C18H24N4O3/c1-3-17-21-16(22-25-17)11-24-14-6-4-13(5-7-14)18(23)20-15-10-19-9-8-12(15)2/h4-7,12,15,19H,3,8-11H2,1-2H3,(H,20,23). The van der Waals surface area contributed by atoms with Crippen molar-refractivity contribution in [1.29, 1.82) is 0 Å². The second-order valence-electron chi connectivity index (χ2n) is 6.32. The van der Waals surface area contributed by atoms with Crippen LogP contribution in [0.5, 0.6) is 5.75 Å². The van der Waals surface area contributed by atoms with E-state index in [-0.39, 0.29) is 18.6 Å². The lowest BCUT2D eigenvalue weighted by Gasteiger charge is -2.30. The quantitative estimate of drug-likeness (QED) is 0.832. The molecule has 2 atom stereocenters. The molecular formula is C18H24N4O3. The fourth-order valence-corrected chi connectivity index (χ4v) is 2.78. The molecule has 2 heterocycles. The van der Waals surface area contributed by atoms with E-state index < -0.39 is 0 Å². The first-order valence-corrected chi connectivity index (χ1v) is 8.71. The summed E-state index contributed by atoms with van der Waals surface area (Å²) in [4.78, 5) is 16.6. The fourth-order valence-electron chi connectivity index (χ4n) is 2.78. The van der Waals surface area contributed by atoms with Gasteiger partial charge in [0.05, 0.1) is 0 Å². The molecule has 2 aromatic rings. The highest BCUT2D eigenvalue weighted by Crippen LogP contribution is 2.15. The monoisotopic (exact) mass is 344 g/mol. The molecule has 3 rings (SSSR count). The Kier molecular flexibility index (Phi) is 5.65. The number of hydrogen-bond acceptors (Lipinski definition) is 6. The summed E-state index contributed by atoms with van der Waals surface area (Å²) in [5.41, 5.74) is 0.623. The zero-order valence-corrected chi connectivity index (χ0v) is 14.6. The predicted octanol–water partition coefficient (Wildman–Crippen LogP) is 1.94. The van der Waals surface area contributed by atoms with Crippen molar-refractivity contribution in [3.63, 3.8) is 0 Å². The van der Waals surface area contributed by atoms with E-state index in [4.69, 9.17) is 9.26 Å². The van der Waals surface area contributed by atoms with Gasteiger partial charge in [-0.05, 0) is 43.1 Å². The van der Waals surface area contributed by atoms with Gasteiger partial charge in [-0.25, -0.2) is 0 Å². The van der Waals surface area contributed by atoms with E-state index in [1.165, 1.54) is 0 Å². The Labute approximate surface area is 147 Å². The zero-order chi connectivity index (χ0) is 17.6. The number of carbonyl (C=O) groups is 1. The van der Waals surface area contributed by atoms with Crippen LogP contribution in [0.1, 0.15) is 42.3 Å². The second kappa shape index (κ2) is 8.11. The van der Waals surface area contributed by atoms with Crippen molar-refractivity contribution in [2.45, 2.75) is 39.3 Å². The number of ether oxygens (including phenoxy) is 1. The molecule has 0 radical (unpaired) electrons. The van der Waals surface area contributed by atoms with Gasteiger partial charge in [0, 0.05) is 24.6 Å². The van der Waals surface area contributed by atoms with Crippen molar-refractivity contribution in [3.05, 3.63) is 41.5 Å². The molecule has 1 aliphatic rings. The summed E-state index contributed by atoms with van der Waals surface area (Å²) in [6, 6.07) is 7.25. The minimum atomic E-state index is -0.0575. The average molecular weight is 344 g/mol. The van der Waals surface area contributed by atoms with E-state index in [0.29, 0.717) is 35.4 Å². The molecule has 1 aromatic heterocycles. The van der Waals surface area contributed by atoms with Crippen molar-refractivity contribution < 1.29 is 14.1 Å². The van der Waals surface area contributed by atoms with E-state index in [2.05, 4.69) is 27.7 Å². The van der Waals surface area contributed by atoms with Gasteiger partial charge < -0.3 is 19.9 Å². The summed E-state index contributed by atoms with van der Waals surface area (Å²) >= 11 is 0. The van der Waals surface area contributed by atoms with Gasteiger partial charge in [-0.2, -0.15) is 4.98 Å². The van der Waals surface area contributed by atoms with Crippen LogP contribution in [0.25, 0.3) is 0 Å². The lowest BCUT2D eigenvalue weighted by molar-refractivity contribution is 0.0915. The van der Waals surface area contributed by atoms with Crippen LogP contribution >= 0.6 is 0 Å². The first kappa shape index (κ1) is 17.4. The largest absolute Gasteiger partial charge is 0.485 e. The number of amides is 1. The summed E-state index contributed by atoms with van der Waals surface area (Å²) in [5.74, 6) is 2.19. The third-order valence-electron chi connectivity index (χ3n) is 4.44. The molecule has 0 bridgehead atoms. The SMILES string of the molecule is CCc1nc(COc2ccc(C(=O)NC3CNCCC3C)cc2)no1. The maximum atomic E-state index is 12.4. The highest BCUT2D eigenvalue weighted by Gasteiger charge is 2.22. The first-order chi connectivity index (χ1) is 12.2. The molecule has 1 fully saturated rings. The molecule has 1 aromatic carbocycles. The molecule has 2 unspecified atom stereocenters. The molecule has 7 heteroatoms. The Hall–Kier alpha value is -2.41.